The van der Waals surface area contributed by atoms with Gasteiger partial charge in [-0.1, -0.05) is 41.0 Å². The van der Waals surface area contributed by atoms with Crippen LogP contribution in [-0.4, -0.2) is 69.7 Å². The van der Waals surface area contributed by atoms with Crippen LogP contribution in [0.2, 0.25) is 0 Å². The molecule has 0 aromatic heterocycles. The van der Waals surface area contributed by atoms with Crippen molar-refractivity contribution in [3.05, 3.63) is 64.0 Å². The van der Waals surface area contributed by atoms with Gasteiger partial charge in [-0.3, -0.25) is 4.79 Å². The van der Waals surface area contributed by atoms with E-state index >= 15 is 0 Å². The van der Waals surface area contributed by atoms with Crippen molar-refractivity contribution in [3.8, 4) is 0 Å². The van der Waals surface area contributed by atoms with Crippen LogP contribution in [-0.2, 0) is 0 Å². The third kappa shape index (κ3) is 12.9. The highest BCUT2D eigenvalue weighted by molar-refractivity contribution is 5.94. The average molecular weight is 473 g/mol. The van der Waals surface area contributed by atoms with Gasteiger partial charge in [-0.2, -0.15) is 0 Å². The van der Waals surface area contributed by atoms with Crippen LogP contribution in [0.25, 0.3) is 6.08 Å². The number of allylic oxidation sites excluding steroid dienone is 5. The van der Waals surface area contributed by atoms with Gasteiger partial charge in [0.15, 0.2) is 0 Å². The zero-order valence-corrected chi connectivity index (χ0v) is 22.8. The Kier molecular flexibility index (Phi) is 13.1. The number of nitrogens with zero attached hydrogens (tertiary/aromatic N) is 2. The lowest BCUT2D eigenvalue weighted by Crippen LogP contribution is -2.48. The number of quaternary nitrogens is 1. The van der Waals surface area contributed by atoms with Gasteiger partial charge < -0.3 is 14.7 Å². The fraction of sp³-hybridized carbons (Fsp3) is 0.552. The number of unbranched alkanes of at least 4 members (excludes halogenated alkanes) is 1. The first-order chi connectivity index (χ1) is 15.9. The van der Waals surface area contributed by atoms with Gasteiger partial charge in [0, 0.05) is 6.54 Å². The Hall–Kier alpha value is -2.24. The van der Waals surface area contributed by atoms with Crippen molar-refractivity contribution in [1.29, 1.82) is 0 Å². The number of rotatable bonds is 14. The number of nitrogens with one attached hydrogen (secondary N) is 1. The molecule has 34 heavy (non-hydrogen) atoms. The smallest absolute Gasteiger partial charge is 0.254 e. The van der Waals surface area contributed by atoms with E-state index in [0.29, 0.717) is 6.54 Å². The largest absolute Gasteiger partial charge is 0.346 e. The quantitative estimate of drug-likeness (QED) is 0.202. The summed E-state index contributed by atoms with van der Waals surface area (Å²) in [4.78, 5) is 14.6. The number of carbonyl (C=O) groups excluding carboxylic acids is 1. The zero-order chi connectivity index (χ0) is 25.7. The van der Waals surface area contributed by atoms with Crippen molar-refractivity contribution in [3.63, 3.8) is 0 Å². The van der Waals surface area contributed by atoms with Crippen LogP contribution in [0.4, 0.5) is 4.39 Å². The van der Waals surface area contributed by atoms with Gasteiger partial charge in [-0.25, -0.2) is 4.39 Å². The van der Waals surface area contributed by atoms with Gasteiger partial charge in [0.25, 0.3) is 5.91 Å². The second-order valence-corrected chi connectivity index (χ2v) is 10.6. The van der Waals surface area contributed by atoms with E-state index in [1.807, 2.05) is 12.1 Å². The summed E-state index contributed by atoms with van der Waals surface area (Å²) in [5.74, 6) is -0.831. The van der Waals surface area contributed by atoms with E-state index < -0.39 is 5.82 Å². The Morgan fingerprint density at radius 3 is 2.26 bits per heavy atom. The van der Waals surface area contributed by atoms with Crippen LogP contribution >= 0.6 is 0 Å². The highest BCUT2D eigenvalue weighted by Gasteiger charge is 2.17. The van der Waals surface area contributed by atoms with Crippen LogP contribution in [0.5, 0.6) is 0 Å². The molecule has 1 amide bonds. The van der Waals surface area contributed by atoms with E-state index in [1.54, 1.807) is 6.07 Å². The maximum atomic E-state index is 14.7. The number of hydrogen-bond donors (Lipinski definition) is 1. The van der Waals surface area contributed by atoms with Crippen molar-refractivity contribution >= 4 is 12.0 Å². The minimum absolute atomic E-state index is 0.101. The molecule has 0 heterocycles. The van der Waals surface area contributed by atoms with Crippen molar-refractivity contribution in [2.45, 2.75) is 53.4 Å². The lowest BCUT2D eigenvalue weighted by Gasteiger charge is -2.31. The SMILES string of the molecule is CC(C)=CCCC=C(C)CCC(C)=Cc1ccc(C(=O)NCC[N+](C)(C)CCN(C)C)c(F)c1. The van der Waals surface area contributed by atoms with E-state index in [2.05, 4.69) is 78.3 Å². The molecule has 0 aliphatic carbocycles. The van der Waals surface area contributed by atoms with E-state index in [4.69, 9.17) is 0 Å². The fourth-order valence-electron chi connectivity index (χ4n) is 3.51. The highest BCUT2D eigenvalue weighted by atomic mass is 19.1. The molecule has 1 aromatic rings. The summed E-state index contributed by atoms with van der Waals surface area (Å²) in [6.45, 7) is 11.8. The lowest BCUT2D eigenvalue weighted by atomic mass is 10.0. The third-order valence-corrected chi connectivity index (χ3v) is 5.93. The molecule has 190 valence electrons. The Morgan fingerprint density at radius 2 is 1.65 bits per heavy atom. The summed E-state index contributed by atoms with van der Waals surface area (Å²) < 4.78 is 15.5. The average Bonchev–Trinajstić information content (AvgIpc) is 2.73. The molecule has 0 bridgehead atoms. The first kappa shape index (κ1) is 29.8. The summed E-state index contributed by atoms with van der Waals surface area (Å²) in [5, 5.41) is 2.87. The second kappa shape index (κ2) is 14.9. The fourth-order valence-corrected chi connectivity index (χ4v) is 3.51. The second-order valence-electron chi connectivity index (χ2n) is 10.6. The monoisotopic (exact) mass is 472 g/mol. The molecule has 0 saturated heterocycles. The molecule has 4 nitrogen and oxygen atoms in total. The summed E-state index contributed by atoms with van der Waals surface area (Å²) in [7, 11) is 8.39. The first-order valence-electron chi connectivity index (χ1n) is 12.4. The molecule has 0 aliphatic rings. The summed E-state index contributed by atoms with van der Waals surface area (Å²) in [6, 6.07) is 4.86. The molecule has 1 aromatic carbocycles. The van der Waals surface area contributed by atoms with Gasteiger partial charge in [0.05, 0.1) is 39.3 Å². The first-order valence-corrected chi connectivity index (χ1v) is 12.4. The molecule has 0 aliphatic heterocycles. The van der Waals surface area contributed by atoms with Crippen LogP contribution in [0.1, 0.15) is 69.3 Å². The summed E-state index contributed by atoms with van der Waals surface area (Å²) in [6.07, 6.45) is 10.7. The number of halogens is 1. The normalized spacial score (nSPS) is 12.8. The molecule has 0 radical (unpaired) electrons. The van der Waals surface area contributed by atoms with Crippen LogP contribution in [0.15, 0.2) is 47.1 Å². The number of likely N-dealkylation sites (N-methyl/N-ethyl adjacent to an activating group) is 2. The zero-order valence-electron chi connectivity index (χ0n) is 22.8. The molecule has 1 rings (SSSR count). The molecule has 0 fully saturated rings. The maximum Gasteiger partial charge on any atom is 0.254 e. The van der Waals surface area contributed by atoms with Gasteiger partial charge in [-0.05, 0) is 85.2 Å². The summed E-state index contributed by atoms with van der Waals surface area (Å²) >= 11 is 0. The third-order valence-electron chi connectivity index (χ3n) is 5.93. The highest BCUT2D eigenvalue weighted by Crippen LogP contribution is 2.18. The van der Waals surface area contributed by atoms with Crippen molar-refractivity contribution in [2.24, 2.45) is 0 Å². The predicted molar refractivity (Wildman–Crippen MR) is 144 cm³/mol. The number of amides is 1. The van der Waals surface area contributed by atoms with E-state index in [9.17, 15) is 9.18 Å². The Labute approximate surface area is 207 Å². The van der Waals surface area contributed by atoms with Crippen LogP contribution in [0, 0.1) is 5.82 Å². The molecule has 0 atom stereocenters. The van der Waals surface area contributed by atoms with Crippen LogP contribution in [0.3, 0.4) is 0 Å². The predicted octanol–water partition coefficient (Wildman–Crippen LogP) is 6.07. The van der Waals surface area contributed by atoms with E-state index in [-0.39, 0.29) is 11.5 Å². The Morgan fingerprint density at radius 1 is 1.00 bits per heavy atom. The van der Waals surface area contributed by atoms with Gasteiger partial charge in [-0.15, -0.1) is 0 Å². The molecule has 0 saturated carbocycles. The minimum Gasteiger partial charge on any atom is -0.346 e. The molecule has 1 N–H and O–H groups in total. The van der Waals surface area contributed by atoms with Crippen LogP contribution < -0.4 is 5.32 Å². The van der Waals surface area contributed by atoms with Gasteiger partial charge in [0.2, 0.25) is 0 Å². The molecule has 5 heteroatoms. The molecule has 0 spiro atoms. The number of carbonyl (C=O) groups is 1. The van der Waals surface area contributed by atoms with Crippen molar-refractivity contribution < 1.29 is 13.7 Å². The van der Waals surface area contributed by atoms with Crippen molar-refractivity contribution in [2.75, 3.05) is 54.4 Å². The minimum atomic E-state index is -0.476. The summed E-state index contributed by atoms with van der Waals surface area (Å²) in [5.41, 5.74) is 4.84. The standard InChI is InChI=1S/C29H46FN3O/c1-23(2)11-9-10-12-24(3)13-14-25(4)21-26-15-16-27(28(30)22-26)29(34)31-17-19-33(7,8)20-18-32(5)6/h11-12,15-16,21-22H,9-10,13-14,17-20H2,1-8H3/p+1. The topological polar surface area (TPSA) is 32.3 Å². The van der Waals surface area contributed by atoms with E-state index in [1.165, 1.54) is 22.8 Å². The van der Waals surface area contributed by atoms with Crippen molar-refractivity contribution in [1.82, 2.24) is 10.2 Å². The Balaban J connectivity index is 2.58. The molecular formula is C29H47FN3O+. The molecule has 0 unspecified atom stereocenters. The van der Waals surface area contributed by atoms with Gasteiger partial charge in [0.1, 0.15) is 5.82 Å². The number of hydrogen-bond acceptors (Lipinski definition) is 2. The number of benzene rings is 1. The maximum absolute atomic E-state index is 14.7. The lowest BCUT2D eigenvalue weighted by molar-refractivity contribution is -0.888. The Bertz CT molecular complexity index is 877. The molecular weight excluding hydrogens is 425 g/mol. The van der Waals surface area contributed by atoms with E-state index in [0.717, 1.165) is 55.4 Å². The van der Waals surface area contributed by atoms with Gasteiger partial charge >= 0.3 is 0 Å².